The van der Waals surface area contributed by atoms with Crippen molar-refractivity contribution in [2.75, 3.05) is 7.11 Å². The van der Waals surface area contributed by atoms with E-state index in [1.165, 1.54) is 23.9 Å². The summed E-state index contributed by atoms with van der Waals surface area (Å²) in [6, 6.07) is 29.2. The van der Waals surface area contributed by atoms with E-state index in [0.29, 0.717) is 21.9 Å². The van der Waals surface area contributed by atoms with Gasteiger partial charge in [0, 0.05) is 12.8 Å². The third-order valence-corrected chi connectivity index (χ3v) is 8.87. The summed E-state index contributed by atoms with van der Waals surface area (Å²) < 4.78 is 33.5. The second-order valence-electron chi connectivity index (χ2n) is 9.72. The number of rotatable bonds is 9. The average molecular weight is 619 g/mol. The van der Waals surface area contributed by atoms with Crippen molar-refractivity contribution in [2.45, 2.75) is 24.7 Å². The van der Waals surface area contributed by atoms with Crippen LogP contribution in [0.15, 0.2) is 112 Å². The number of nitrogens with zero attached hydrogens (tertiary/aromatic N) is 2. The minimum Gasteiger partial charge on any atom is -0.541 e. The molecule has 212 valence electrons. The van der Waals surface area contributed by atoms with Gasteiger partial charge in [-0.3, -0.25) is 4.79 Å². The molecule has 0 spiro atoms. The molecule has 0 fully saturated rings. The quantitative estimate of drug-likeness (QED) is 0.209. The van der Waals surface area contributed by atoms with Crippen LogP contribution in [0.5, 0.6) is 5.75 Å². The molecule has 2 amide bonds. The van der Waals surface area contributed by atoms with Crippen molar-refractivity contribution in [1.82, 2.24) is 0 Å². The van der Waals surface area contributed by atoms with Crippen molar-refractivity contribution in [1.29, 1.82) is 0 Å². The van der Waals surface area contributed by atoms with Crippen LogP contribution in [0.1, 0.15) is 22.3 Å². The number of thioether (sulfide) groups is 1. The van der Waals surface area contributed by atoms with Gasteiger partial charge >= 0.3 is 29.6 Å². The molecule has 7 nitrogen and oxygen atoms in total. The number of aliphatic imine (C=N–C) groups is 1. The molecule has 1 heterocycles. The van der Waals surface area contributed by atoms with Gasteiger partial charge in [-0.15, -0.1) is 0 Å². The van der Waals surface area contributed by atoms with Gasteiger partial charge in [0.1, 0.15) is 15.8 Å². The molecule has 0 bridgehead atoms. The maximum Gasteiger partial charge on any atom is 1.00 e. The topological polar surface area (TPSA) is 104 Å². The van der Waals surface area contributed by atoms with Gasteiger partial charge in [-0.05, 0) is 65.1 Å². The molecule has 10 heteroatoms. The van der Waals surface area contributed by atoms with Crippen LogP contribution in [-0.2, 0) is 32.5 Å². The molecule has 1 aliphatic rings. The Labute approximate surface area is 277 Å². The van der Waals surface area contributed by atoms with Gasteiger partial charge in [0.25, 0.3) is 5.91 Å². The van der Waals surface area contributed by atoms with E-state index in [4.69, 9.17) is 4.74 Å². The first-order valence-electron chi connectivity index (χ1n) is 13.1. The molecule has 0 N–H and O–H groups in total. The van der Waals surface area contributed by atoms with E-state index in [0.717, 1.165) is 33.6 Å². The second kappa shape index (κ2) is 14.3. The number of amides is 2. The van der Waals surface area contributed by atoms with Crippen LogP contribution in [-0.4, -0.2) is 32.4 Å². The minimum absolute atomic E-state index is 0. The Morgan fingerprint density at radius 3 is 2.05 bits per heavy atom. The average Bonchev–Trinajstić information content (AvgIpc) is 3.32. The van der Waals surface area contributed by atoms with E-state index in [1.54, 1.807) is 31.4 Å². The maximum atomic E-state index is 12.6. The molecule has 0 saturated heterocycles. The van der Waals surface area contributed by atoms with Gasteiger partial charge < -0.3 is 14.3 Å². The van der Waals surface area contributed by atoms with E-state index in [1.807, 2.05) is 73.7 Å². The first-order valence-corrected chi connectivity index (χ1v) is 15.4. The fraction of sp³-hybridized carbons (Fsp3) is 0.121. The van der Waals surface area contributed by atoms with Gasteiger partial charge in [-0.1, -0.05) is 90.1 Å². The van der Waals surface area contributed by atoms with Crippen molar-refractivity contribution in [2.24, 2.45) is 4.99 Å². The van der Waals surface area contributed by atoms with Crippen LogP contribution < -0.4 is 34.3 Å². The summed E-state index contributed by atoms with van der Waals surface area (Å²) in [6.07, 6.45) is 2.17. The summed E-state index contributed by atoms with van der Waals surface area (Å²) in [5.74, 6) is -0.207. The standard InChI is InChI=1S/C33H28N2O5S2.Na/c1-22-3-17-29(18-4-22)42(38,39)35-31(36)20-24-5-7-25(8-6-24)21-32-34-33(37)30(41-32)19-23-9-11-26(12-10-23)27-13-15-28(40-2)16-14-27;/h3-19H,20-21H2,1-2H3,(H,35,36);/q;+1/p-1. The molecule has 0 saturated carbocycles. The monoisotopic (exact) mass is 618 g/mol. The fourth-order valence-electron chi connectivity index (χ4n) is 4.29. The van der Waals surface area contributed by atoms with E-state index < -0.39 is 15.9 Å². The fourth-order valence-corrected chi connectivity index (χ4v) is 6.16. The van der Waals surface area contributed by atoms with Crippen LogP contribution in [0.2, 0.25) is 0 Å². The van der Waals surface area contributed by atoms with Crippen LogP contribution in [0.25, 0.3) is 21.9 Å². The normalized spacial score (nSPS) is 13.8. The number of sulfonamides is 1. The molecule has 0 aromatic heterocycles. The van der Waals surface area contributed by atoms with Gasteiger partial charge in [-0.2, -0.15) is 0 Å². The summed E-state index contributed by atoms with van der Waals surface area (Å²) in [7, 11) is -2.42. The van der Waals surface area contributed by atoms with E-state index in [9.17, 15) is 18.0 Å². The summed E-state index contributed by atoms with van der Waals surface area (Å²) in [5.41, 5.74) is 5.51. The number of methoxy groups -OCH3 is 1. The second-order valence-corrected chi connectivity index (χ2v) is 12.4. The van der Waals surface area contributed by atoms with E-state index in [-0.39, 0.29) is 46.8 Å². The number of aryl methyl sites for hydroxylation is 1. The maximum absolute atomic E-state index is 12.6. The molecular formula is C33H27N2NaO5S2. The largest absolute Gasteiger partial charge is 1.00 e. The zero-order valence-electron chi connectivity index (χ0n) is 24.0. The third kappa shape index (κ3) is 8.55. The van der Waals surface area contributed by atoms with Crippen molar-refractivity contribution < 1.29 is 52.3 Å². The van der Waals surface area contributed by atoms with Gasteiger partial charge in [-0.25, -0.2) is 13.4 Å². The van der Waals surface area contributed by atoms with Gasteiger partial charge in [0.2, 0.25) is 0 Å². The Morgan fingerprint density at radius 1 is 0.860 bits per heavy atom. The first kappa shape index (κ1) is 32.4. The number of carbonyl (C=O) groups excluding carboxylic acids is 2. The molecule has 0 aliphatic carbocycles. The van der Waals surface area contributed by atoms with E-state index in [2.05, 4.69) is 9.71 Å². The SMILES string of the molecule is COc1ccc(-c2ccc(C=C3SC(Cc4ccc(CC(=O)[N-]S(=O)(=O)c5ccc(C)cc5)cc4)=NC3=O)cc2)cc1.[Na+]. The Kier molecular flexibility index (Phi) is 10.8. The molecule has 0 radical (unpaired) electrons. The molecule has 0 unspecified atom stereocenters. The molecule has 0 atom stereocenters. The summed E-state index contributed by atoms with van der Waals surface area (Å²) in [5, 5.41) is 0.684. The van der Waals surface area contributed by atoms with Crippen LogP contribution in [0.3, 0.4) is 0 Å². The summed E-state index contributed by atoms with van der Waals surface area (Å²) >= 11 is 1.34. The molecule has 4 aromatic rings. The Morgan fingerprint density at radius 2 is 1.44 bits per heavy atom. The van der Waals surface area contributed by atoms with Crippen LogP contribution >= 0.6 is 11.8 Å². The zero-order valence-corrected chi connectivity index (χ0v) is 27.6. The number of carbonyl (C=O) groups is 2. The van der Waals surface area contributed by atoms with Gasteiger partial charge in [0.15, 0.2) is 0 Å². The predicted octanol–water partition coefficient (Wildman–Crippen LogP) is 3.76. The third-order valence-electron chi connectivity index (χ3n) is 6.57. The van der Waals surface area contributed by atoms with Gasteiger partial charge in [0.05, 0.1) is 27.9 Å². The molecular weight excluding hydrogens is 591 g/mol. The van der Waals surface area contributed by atoms with Crippen molar-refractivity contribution in [3.63, 3.8) is 0 Å². The Hall–Kier alpha value is -3.47. The number of hydrogen-bond donors (Lipinski definition) is 0. The van der Waals surface area contributed by atoms with E-state index >= 15 is 0 Å². The molecule has 4 aromatic carbocycles. The minimum atomic E-state index is -4.06. The first-order chi connectivity index (χ1) is 20.2. The van der Waals surface area contributed by atoms with Crippen LogP contribution in [0, 0.1) is 6.92 Å². The number of benzene rings is 4. The Balaban J connectivity index is 0.00000423. The van der Waals surface area contributed by atoms with Crippen molar-refractivity contribution in [3.05, 3.63) is 129 Å². The van der Waals surface area contributed by atoms with Crippen molar-refractivity contribution in [3.8, 4) is 16.9 Å². The predicted molar refractivity (Wildman–Crippen MR) is 167 cm³/mol. The van der Waals surface area contributed by atoms with Crippen LogP contribution in [0.4, 0.5) is 0 Å². The smallest absolute Gasteiger partial charge is 0.541 e. The van der Waals surface area contributed by atoms with Crippen molar-refractivity contribution >= 4 is 44.7 Å². The number of hydrogen-bond acceptors (Lipinski definition) is 6. The molecule has 43 heavy (non-hydrogen) atoms. The summed E-state index contributed by atoms with van der Waals surface area (Å²) in [4.78, 5) is 29.7. The zero-order chi connectivity index (χ0) is 29.7. The molecule has 1 aliphatic heterocycles. The summed E-state index contributed by atoms with van der Waals surface area (Å²) in [6.45, 7) is 1.85. The molecule has 5 rings (SSSR count). The Bertz CT molecular complexity index is 1780. The number of ether oxygens (including phenoxy) is 1.